The molecule has 0 radical (unpaired) electrons. The molecule has 5 heteroatoms. The molecule has 0 aliphatic heterocycles. The maximum Gasteiger partial charge on any atom is 0.264 e. The summed E-state index contributed by atoms with van der Waals surface area (Å²) in [5.74, 6) is -0.170. The number of aryl methyl sites for hydroxylation is 1. The van der Waals surface area contributed by atoms with E-state index in [1.807, 2.05) is 25.1 Å². The van der Waals surface area contributed by atoms with Crippen molar-refractivity contribution in [3.8, 4) is 0 Å². The first-order valence-electron chi connectivity index (χ1n) is 6.77. The van der Waals surface area contributed by atoms with Crippen LogP contribution < -0.4 is 11.1 Å². The number of hydrogen-bond donors (Lipinski definition) is 3. The van der Waals surface area contributed by atoms with Gasteiger partial charge in [-0.15, -0.1) is 11.3 Å². The molecular weight excluding hydrogens is 272 g/mol. The van der Waals surface area contributed by atoms with Crippen LogP contribution in [0.15, 0.2) is 18.2 Å². The van der Waals surface area contributed by atoms with Gasteiger partial charge in [-0.25, -0.2) is 0 Å². The molecule has 3 rings (SSSR count). The lowest BCUT2D eigenvalue weighted by Gasteiger charge is -2.40. The molecule has 4 N–H and O–H groups in total. The predicted octanol–water partition coefficient (Wildman–Crippen LogP) is 2.44. The number of thiophene rings is 1. The molecule has 0 saturated heterocycles. The van der Waals surface area contributed by atoms with E-state index in [1.54, 1.807) is 0 Å². The van der Waals surface area contributed by atoms with E-state index in [-0.39, 0.29) is 12.5 Å². The van der Waals surface area contributed by atoms with Gasteiger partial charge in [-0.05, 0) is 31.7 Å². The second kappa shape index (κ2) is 4.75. The van der Waals surface area contributed by atoms with Crippen molar-refractivity contribution in [1.82, 2.24) is 5.32 Å². The molecule has 0 bridgehead atoms. The molecule has 1 heterocycles. The summed E-state index contributed by atoms with van der Waals surface area (Å²) in [7, 11) is 0. The highest BCUT2D eigenvalue weighted by atomic mass is 32.1. The lowest BCUT2D eigenvalue weighted by Crippen LogP contribution is -2.56. The van der Waals surface area contributed by atoms with Crippen molar-refractivity contribution in [3.05, 3.63) is 28.6 Å². The van der Waals surface area contributed by atoms with E-state index < -0.39 is 5.54 Å². The Labute approximate surface area is 121 Å². The van der Waals surface area contributed by atoms with E-state index in [9.17, 15) is 9.90 Å². The van der Waals surface area contributed by atoms with Gasteiger partial charge in [0.1, 0.15) is 4.88 Å². The van der Waals surface area contributed by atoms with Crippen LogP contribution in [0, 0.1) is 6.92 Å². The number of hydrogen-bond acceptors (Lipinski definition) is 4. The monoisotopic (exact) mass is 290 g/mol. The summed E-state index contributed by atoms with van der Waals surface area (Å²) in [5, 5.41) is 13.3. The molecule has 1 aliphatic carbocycles. The maximum atomic E-state index is 12.4. The lowest BCUT2D eigenvalue weighted by molar-refractivity contribution is 0.0646. The molecule has 0 atom stereocenters. The van der Waals surface area contributed by atoms with E-state index in [0.29, 0.717) is 10.6 Å². The molecule has 2 aromatic rings. The number of benzene rings is 1. The third-order valence-corrected chi connectivity index (χ3v) is 5.50. The van der Waals surface area contributed by atoms with Gasteiger partial charge in [-0.1, -0.05) is 18.2 Å². The fraction of sp³-hybridized carbons (Fsp3) is 0.400. The number of nitrogens with one attached hydrogen (secondary N) is 1. The smallest absolute Gasteiger partial charge is 0.264 e. The van der Waals surface area contributed by atoms with E-state index in [2.05, 4.69) is 5.32 Å². The van der Waals surface area contributed by atoms with Crippen LogP contribution in [-0.4, -0.2) is 23.2 Å². The molecule has 1 aliphatic rings. The van der Waals surface area contributed by atoms with Gasteiger partial charge in [0.25, 0.3) is 5.91 Å². The largest absolute Gasteiger partial charge is 0.397 e. The van der Waals surface area contributed by atoms with Crippen molar-refractivity contribution in [2.75, 3.05) is 12.3 Å². The molecule has 0 unspecified atom stereocenters. The van der Waals surface area contributed by atoms with Gasteiger partial charge < -0.3 is 16.2 Å². The van der Waals surface area contributed by atoms with Crippen molar-refractivity contribution >= 4 is 33.0 Å². The predicted molar refractivity (Wildman–Crippen MR) is 82.1 cm³/mol. The summed E-state index contributed by atoms with van der Waals surface area (Å²) in [5.41, 5.74) is 7.34. The second-order valence-corrected chi connectivity index (χ2v) is 6.56. The summed E-state index contributed by atoms with van der Waals surface area (Å²) in [6.45, 7) is 2.00. The molecule has 106 valence electrons. The van der Waals surface area contributed by atoms with Crippen molar-refractivity contribution in [2.24, 2.45) is 0 Å². The molecule has 1 aromatic heterocycles. The van der Waals surface area contributed by atoms with Crippen LogP contribution in [0.1, 0.15) is 34.5 Å². The lowest BCUT2D eigenvalue weighted by atomic mass is 9.77. The van der Waals surface area contributed by atoms with Crippen LogP contribution in [0.3, 0.4) is 0 Å². The highest BCUT2D eigenvalue weighted by molar-refractivity contribution is 7.21. The summed E-state index contributed by atoms with van der Waals surface area (Å²) < 4.78 is 1.06. The van der Waals surface area contributed by atoms with Crippen molar-refractivity contribution in [2.45, 2.75) is 31.7 Å². The summed E-state index contributed by atoms with van der Waals surface area (Å²) in [4.78, 5) is 13.0. The minimum Gasteiger partial charge on any atom is -0.397 e. The number of aliphatic hydroxyl groups is 1. The van der Waals surface area contributed by atoms with Crippen LogP contribution in [0.2, 0.25) is 0 Å². The topological polar surface area (TPSA) is 75.4 Å². The Morgan fingerprint density at radius 1 is 1.50 bits per heavy atom. The van der Waals surface area contributed by atoms with Gasteiger partial charge in [0.05, 0.1) is 17.8 Å². The van der Waals surface area contributed by atoms with Crippen LogP contribution >= 0.6 is 11.3 Å². The minimum absolute atomic E-state index is 0.0113. The third-order valence-electron chi connectivity index (χ3n) is 4.15. The van der Waals surface area contributed by atoms with Crippen LogP contribution in [-0.2, 0) is 0 Å². The van der Waals surface area contributed by atoms with Gasteiger partial charge in [0, 0.05) is 10.1 Å². The molecular formula is C15H18N2O2S. The molecule has 20 heavy (non-hydrogen) atoms. The zero-order chi connectivity index (χ0) is 14.3. The number of aliphatic hydroxyl groups excluding tert-OH is 1. The number of rotatable bonds is 3. The maximum absolute atomic E-state index is 12.4. The summed E-state index contributed by atoms with van der Waals surface area (Å²) in [6, 6.07) is 5.90. The highest BCUT2D eigenvalue weighted by Gasteiger charge is 2.38. The van der Waals surface area contributed by atoms with Gasteiger partial charge in [0.15, 0.2) is 0 Å². The third kappa shape index (κ3) is 1.98. The average Bonchev–Trinajstić information content (AvgIpc) is 2.73. The Bertz CT molecular complexity index is 668. The standard InChI is InChI=1S/C15H18N2O2S/c1-9-4-2-5-10-11(16)13(20-12(9)10)14(19)17-15(8-18)6-3-7-15/h2,4-5,18H,3,6-8,16H2,1H3,(H,17,19). The summed E-state index contributed by atoms with van der Waals surface area (Å²) in [6.07, 6.45) is 2.71. The molecule has 1 amide bonds. The van der Waals surface area contributed by atoms with Crippen LogP contribution in [0.5, 0.6) is 0 Å². The fourth-order valence-corrected chi connectivity index (χ4v) is 3.76. The molecule has 1 saturated carbocycles. The number of nitrogen functional groups attached to an aromatic ring is 1. The van der Waals surface area contributed by atoms with E-state index >= 15 is 0 Å². The Morgan fingerprint density at radius 2 is 2.25 bits per heavy atom. The SMILES string of the molecule is Cc1cccc2c(N)c(C(=O)NC3(CO)CCC3)sc12. The van der Waals surface area contributed by atoms with Crippen molar-refractivity contribution in [1.29, 1.82) is 0 Å². The number of carbonyl (C=O) groups is 1. The number of fused-ring (bicyclic) bond motifs is 1. The number of amides is 1. The number of carbonyl (C=O) groups excluding carboxylic acids is 1. The van der Waals surface area contributed by atoms with Gasteiger partial charge in [-0.3, -0.25) is 4.79 Å². The van der Waals surface area contributed by atoms with Gasteiger partial charge in [0.2, 0.25) is 0 Å². The fourth-order valence-electron chi connectivity index (χ4n) is 2.67. The Balaban J connectivity index is 1.96. The van der Waals surface area contributed by atoms with E-state index in [1.165, 1.54) is 11.3 Å². The second-order valence-electron chi connectivity index (χ2n) is 5.54. The molecule has 4 nitrogen and oxygen atoms in total. The van der Waals surface area contributed by atoms with Gasteiger partial charge in [-0.2, -0.15) is 0 Å². The highest BCUT2D eigenvalue weighted by Crippen LogP contribution is 2.37. The molecule has 1 fully saturated rings. The van der Waals surface area contributed by atoms with E-state index in [0.717, 1.165) is 34.9 Å². The quantitative estimate of drug-likeness (QED) is 0.812. The molecule has 1 aromatic carbocycles. The minimum atomic E-state index is -0.436. The van der Waals surface area contributed by atoms with Gasteiger partial charge >= 0.3 is 0 Å². The van der Waals surface area contributed by atoms with Crippen LogP contribution in [0.25, 0.3) is 10.1 Å². The Morgan fingerprint density at radius 3 is 2.80 bits per heavy atom. The van der Waals surface area contributed by atoms with Crippen molar-refractivity contribution < 1.29 is 9.90 Å². The first-order chi connectivity index (χ1) is 9.56. The van der Waals surface area contributed by atoms with E-state index in [4.69, 9.17) is 5.73 Å². The average molecular weight is 290 g/mol. The number of nitrogens with two attached hydrogens (primary N) is 1. The number of anilines is 1. The first kappa shape index (κ1) is 13.4. The summed E-state index contributed by atoms with van der Waals surface area (Å²) >= 11 is 1.43. The Kier molecular flexibility index (Phi) is 3.18. The van der Waals surface area contributed by atoms with Crippen molar-refractivity contribution in [3.63, 3.8) is 0 Å². The Hall–Kier alpha value is -1.59. The zero-order valence-corrected chi connectivity index (χ0v) is 12.2. The van der Waals surface area contributed by atoms with Crippen LogP contribution in [0.4, 0.5) is 5.69 Å². The zero-order valence-electron chi connectivity index (χ0n) is 11.4. The molecule has 0 spiro atoms. The first-order valence-corrected chi connectivity index (χ1v) is 7.59. The normalized spacial score (nSPS) is 16.9.